The first-order chi connectivity index (χ1) is 13.4. The zero-order chi connectivity index (χ0) is 20.6. The summed E-state index contributed by atoms with van der Waals surface area (Å²) in [5, 5.41) is 6.55. The molecule has 0 radical (unpaired) electrons. The van der Waals surface area contributed by atoms with Crippen molar-refractivity contribution in [2.75, 3.05) is 50.4 Å². The number of halogens is 1. The summed E-state index contributed by atoms with van der Waals surface area (Å²) in [4.78, 5) is 11.0. The van der Waals surface area contributed by atoms with Crippen molar-refractivity contribution < 1.29 is 8.42 Å². The Morgan fingerprint density at radius 3 is 2.45 bits per heavy atom. The lowest BCUT2D eigenvalue weighted by atomic mass is 10.1. The van der Waals surface area contributed by atoms with Gasteiger partial charge >= 0.3 is 0 Å². The van der Waals surface area contributed by atoms with Gasteiger partial charge in [-0.05, 0) is 31.4 Å². The van der Waals surface area contributed by atoms with E-state index < -0.39 is 10.0 Å². The maximum atomic E-state index is 12.3. The quantitative estimate of drug-likeness (QED) is 0.298. The molecule has 0 saturated carbocycles. The lowest BCUT2D eigenvalue weighted by Gasteiger charge is -2.33. The molecule has 2 N–H and O–H groups in total. The van der Waals surface area contributed by atoms with Crippen LogP contribution in [0, 0.1) is 6.92 Å². The zero-order valence-corrected chi connectivity index (χ0v) is 21.0. The fourth-order valence-corrected chi connectivity index (χ4v) is 4.74. The van der Waals surface area contributed by atoms with Crippen LogP contribution in [-0.2, 0) is 10.0 Å². The maximum Gasteiger partial charge on any atom is 0.215 e. The van der Waals surface area contributed by atoms with Crippen molar-refractivity contribution in [2.24, 2.45) is 4.99 Å². The smallest absolute Gasteiger partial charge is 0.215 e. The molecule has 2 rings (SSSR count). The highest BCUT2D eigenvalue weighted by Crippen LogP contribution is 2.18. The molecule has 0 aliphatic carbocycles. The Morgan fingerprint density at radius 2 is 1.93 bits per heavy atom. The molecular weight excluding hydrogens is 503 g/mol. The first-order valence-corrected chi connectivity index (χ1v) is 11.6. The van der Waals surface area contributed by atoms with Crippen LogP contribution >= 0.6 is 24.0 Å². The third-order valence-corrected chi connectivity index (χ3v) is 7.05. The van der Waals surface area contributed by atoms with Gasteiger partial charge in [-0.2, -0.15) is 0 Å². The van der Waals surface area contributed by atoms with Crippen molar-refractivity contribution in [1.82, 2.24) is 19.9 Å². The molecule has 1 saturated heterocycles. The Bertz CT molecular complexity index is 730. The van der Waals surface area contributed by atoms with Crippen LogP contribution in [0.3, 0.4) is 0 Å². The van der Waals surface area contributed by atoms with Crippen LogP contribution in [-0.4, -0.2) is 75.2 Å². The van der Waals surface area contributed by atoms with E-state index in [1.165, 1.54) is 4.31 Å². The van der Waals surface area contributed by atoms with Gasteiger partial charge in [0.15, 0.2) is 5.96 Å². The van der Waals surface area contributed by atoms with Gasteiger partial charge in [-0.3, -0.25) is 4.99 Å². The predicted molar refractivity (Wildman–Crippen MR) is 131 cm³/mol. The molecule has 0 aromatic carbocycles. The van der Waals surface area contributed by atoms with E-state index in [4.69, 9.17) is 0 Å². The van der Waals surface area contributed by atoms with Crippen LogP contribution in [0.2, 0.25) is 0 Å². The first-order valence-electron chi connectivity index (χ1n) is 10.0. The number of nitrogens with one attached hydrogen (secondary N) is 2. The monoisotopic (exact) mass is 538 g/mol. The number of aromatic nitrogens is 1. The van der Waals surface area contributed by atoms with Gasteiger partial charge in [-0.15, -0.1) is 24.0 Å². The highest BCUT2D eigenvalue weighted by atomic mass is 127. The lowest BCUT2D eigenvalue weighted by molar-refractivity contribution is 0.444. The third-order valence-electron chi connectivity index (χ3n) is 5.03. The van der Waals surface area contributed by atoms with Crippen LogP contribution in [0.5, 0.6) is 0 Å². The summed E-state index contributed by atoms with van der Waals surface area (Å²) in [7, 11) is -1.52. The Kier molecular flexibility index (Phi) is 11.2. The van der Waals surface area contributed by atoms with Crippen molar-refractivity contribution in [3.05, 3.63) is 23.9 Å². The molecule has 2 heterocycles. The summed E-state index contributed by atoms with van der Waals surface area (Å²) in [6.45, 7) is 8.95. The average molecular weight is 539 g/mol. The Hall–Kier alpha value is -1.14. The van der Waals surface area contributed by atoms with Gasteiger partial charge < -0.3 is 15.5 Å². The Balaban J connectivity index is 0.00000420. The van der Waals surface area contributed by atoms with Crippen LogP contribution in [0.25, 0.3) is 0 Å². The van der Waals surface area contributed by atoms with Gasteiger partial charge in [0.1, 0.15) is 5.82 Å². The van der Waals surface area contributed by atoms with Crippen molar-refractivity contribution in [3.8, 4) is 0 Å². The lowest BCUT2D eigenvalue weighted by Crippen LogP contribution is -2.49. The molecule has 1 aromatic rings. The number of anilines is 1. The molecule has 0 atom stereocenters. The van der Waals surface area contributed by atoms with Crippen LogP contribution < -0.4 is 15.5 Å². The summed E-state index contributed by atoms with van der Waals surface area (Å²) in [5.41, 5.74) is 1.16. The van der Waals surface area contributed by atoms with Crippen molar-refractivity contribution >= 4 is 45.8 Å². The highest BCUT2D eigenvalue weighted by Gasteiger charge is 2.22. The fourth-order valence-electron chi connectivity index (χ4n) is 3.33. The zero-order valence-electron chi connectivity index (χ0n) is 17.9. The average Bonchev–Trinajstić information content (AvgIpc) is 2.69. The van der Waals surface area contributed by atoms with Gasteiger partial charge in [-0.1, -0.05) is 19.9 Å². The van der Waals surface area contributed by atoms with E-state index >= 15 is 0 Å². The molecule has 0 bridgehead atoms. The summed E-state index contributed by atoms with van der Waals surface area (Å²) in [6.07, 6.45) is 3.86. The second-order valence-electron chi connectivity index (χ2n) is 7.00. The predicted octanol–water partition coefficient (Wildman–Crippen LogP) is 1.81. The SMILES string of the molecule is CCN(CC)S(=O)(=O)CCNC(=NC)NC1CCN(c2ccc(C)cn2)CC1.I. The van der Waals surface area contributed by atoms with E-state index in [0.29, 0.717) is 31.6 Å². The van der Waals surface area contributed by atoms with E-state index in [-0.39, 0.29) is 29.7 Å². The normalized spacial score (nSPS) is 15.9. The second kappa shape index (κ2) is 12.5. The minimum atomic E-state index is -3.23. The molecule has 0 amide bonds. The highest BCUT2D eigenvalue weighted by molar-refractivity contribution is 14.0. The number of rotatable bonds is 8. The standard InChI is InChI=1S/C19H34N6O2S.HI/c1-5-25(6-2)28(26,27)14-11-21-19(20-4)23-17-9-12-24(13-10-17)18-8-7-16(3)15-22-18;/h7-8,15,17H,5-6,9-14H2,1-4H3,(H2,20,21,23);1H. The van der Waals surface area contributed by atoms with Gasteiger partial charge in [0.05, 0.1) is 5.75 Å². The van der Waals surface area contributed by atoms with Crippen LogP contribution in [0.1, 0.15) is 32.3 Å². The molecule has 166 valence electrons. The number of hydrogen-bond donors (Lipinski definition) is 2. The molecule has 10 heteroatoms. The molecule has 8 nitrogen and oxygen atoms in total. The maximum absolute atomic E-state index is 12.3. The summed E-state index contributed by atoms with van der Waals surface area (Å²) in [5.74, 6) is 1.74. The second-order valence-corrected chi connectivity index (χ2v) is 9.09. The number of pyridine rings is 1. The number of sulfonamides is 1. The van der Waals surface area contributed by atoms with Crippen LogP contribution in [0.15, 0.2) is 23.3 Å². The number of aryl methyl sites for hydroxylation is 1. The third kappa shape index (κ3) is 7.89. The molecule has 1 aliphatic rings. The largest absolute Gasteiger partial charge is 0.356 e. The minimum absolute atomic E-state index is 0. The van der Waals surface area contributed by atoms with Crippen molar-refractivity contribution in [3.63, 3.8) is 0 Å². The van der Waals surface area contributed by atoms with Crippen molar-refractivity contribution in [2.45, 2.75) is 39.7 Å². The van der Waals surface area contributed by atoms with Crippen molar-refractivity contribution in [1.29, 1.82) is 0 Å². The number of aliphatic imine (C=N–C) groups is 1. The molecule has 1 aliphatic heterocycles. The number of piperidine rings is 1. The van der Waals surface area contributed by atoms with E-state index in [9.17, 15) is 8.42 Å². The van der Waals surface area contributed by atoms with Gasteiger partial charge in [0.2, 0.25) is 10.0 Å². The molecule has 0 spiro atoms. The van der Waals surface area contributed by atoms with Crippen LogP contribution in [0.4, 0.5) is 5.82 Å². The summed E-state index contributed by atoms with van der Waals surface area (Å²) < 4.78 is 26.0. The minimum Gasteiger partial charge on any atom is -0.356 e. The number of guanidine groups is 1. The summed E-state index contributed by atoms with van der Waals surface area (Å²) >= 11 is 0. The molecule has 1 aromatic heterocycles. The Labute approximate surface area is 192 Å². The molecule has 29 heavy (non-hydrogen) atoms. The molecule has 0 unspecified atom stereocenters. The number of hydrogen-bond acceptors (Lipinski definition) is 5. The number of nitrogens with zero attached hydrogens (tertiary/aromatic N) is 4. The van der Waals surface area contributed by atoms with Gasteiger partial charge in [0.25, 0.3) is 0 Å². The van der Waals surface area contributed by atoms with Gasteiger partial charge in [-0.25, -0.2) is 17.7 Å². The summed E-state index contributed by atoms with van der Waals surface area (Å²) in [6, 6.07) is 4.47. The Morgan fingerprint density at radius 1 is 1.28 bits per heavy atom. The van der Waals surface area contributed by atoms with Gasteiger partial charge in [0, 0.05) is 52.0 Å². The topological polar surface area (TPSA) is 89.9 Å². The van der Waals surface area contributed by atoms with E-state index in [1.807, 2.05) is 27.0 Å². The first kappa shape index (κ1) is 25.9. The fraction of sp³-hybridized carbons (Fsp3) is 0.684. The van der Waals surface area contributed by atoms with E-state index in [0.717, 1.165) is 37.3 Å². The van der Waals surface area contributed by atoms with E-state index in [2.05, 4.69) is 37.6 Å². The van der Waals surface area contributed by atoms with E-state index in [1.54, 1.807) is 7.05 Å². The molecular formula is C19H35IN6O2S. The molecule has 1 fully saturated rings.